The predicted octanol–water partition coefficient (Wildman–Crippen LogP) is 3.03. The number of hydrogen-bond donors (Lipinski definition) is 2. The van der Waals surface area contributed by atoms with Gasteiger partial charge in [0.05, 0.1) is 11.1 Å². The molecular weight excluding hydrogens is 270 g/mol. The maximum atomic E-state index is 13.7. The van der Waals surface area contributed by atoms with E-state index in [-0.39, 0.29) is 22.3 Å². The van der Waals surface area contributed by atoms with Gasteiger partial charge in [0.25, 0.3) is 0 Å². The van der Waals surface area contributed by atoms with Gasteiger partial charge in [-0.25, -0.2) is 18.4 Å². The first-order valence-corrected chi connectivity index (χ1v) is 5.45. The molecule has 2 aromatic rings. The van der Waals surface area contributed by atoms with E-state index in [2.05, 4.69) is 0 Å². The fourth-order valence-corrected chi connectivity index (χ4v) is 1.75. The lowest BCUT2D eigenvalue weighted by atomic mass is 10.00. The van der Waals surface area contributed by atoms with E-state index in [0.29, 0.717) is 0 Å². The van der Waals surface area contributed by atoms with Gasteiger partial charge in [-0.3, -0.25) is 0 Å². The lowest BCUT2D eigenvalue weighted by molar-refractivity contribution is 0.0685. The molecule has 0 spiro atoms. The van der Waals surface area contributed by atoms with E-state index >= 15 is 0 Å². The first kappa shape index (κ1) is 13.7. The average Bonchev–Trinajstić information content (AvgIpc) is 2.38. The molecule has 0 unspecified atom stereocenters. The summed E-state index contributed by atoms with van der Waals surface area (Å²) in [7, 11) is 0. The van der Waals surface area contributed by atoms with Crippen molar-refractivity contribution in [2.75, 3.05) is 0 Å². The van der Waals surface area contributed by atoms with E-state index in [0.717, 1.165) is 36.4 Å². The second kappa shape index (κ2) is 5.08. The molecule has 0 aliphatic carbocycles. The van der Waals surface area contributed by atoms with E-state index in [1.807, 2.05) is 0 Å². The van der Waals surface area contributed by atoms with Crippen LogP contribution in [0.2, 0.25) is 0 Å². The fourth-order valence-electron chi connectivity index (χ4n) is 1.75. The Hall–Kier alpha value is -2.76. The van der Waals surface area contributed by atoms with Gasteiger partial charge in [0.1, 0.15) is 11.6 Å². The number of aromatic carboxylic acids is 2. The Balaban J connectivity index is 2.64. The van der Waals surface area contributed by atoms with Crippen LogP contribution in [0.25, 0.3) is 11.1 Å². The molecule has 0 atom stereocenters. The second-order valence-corrected chi connectivity index (χ2v) is 4.03. The zero-order valence-corrected chi connectivity index (χ0v) is 9.93. The number of halogens is 2. The molecule has 0 aliphatic rings. The van der Waals surface area contributed by atoms with Crippen molar-refractivity contribution in [2.24, 2.45) is 0 Å². The number of carbonyl (C=O) groups is 2. The molecule has 2 rings (SSSR count). The molecule has 0 heterocycles. The highest BCUT2D eigenvalue weighted by Crippen LogP contribution is 2.26. The summed E-state index contributed by atoms with van der Waals surface area (Å²) in [5, 5.41) is 17.7. The van der Waals surface area contributed by atoms with Crippen molar-refractivity contribution in [3.05, 3.63) is 59.2 Å². The highest BCUT2D eigenvalue weighted by Gasteiger charge is 2.13. The summed E-state index contributed by atoms with van der Waals surface area (Å²) >= 11 is 0. The smallest absolute Gasteiger partial charge is 0.335 e. The standard InChI is InChI=1S/C14H8F2O4/c15-10-4-8(3-9(5-10)14(19)20)11-6-7(13(17)18)1-2-12(11)16/h1-6H,(H,17,18)(H,19,20). The minimum atomic E-state index is -1.36. The molecule has 6 heteroatoms. The Labute approximate surface area is 111 Å². The van der Waals surface area contributed by atoms with Gasteiger partial charge in [0.2, 0.25) is 0 Å². The minimum Gasteiger partial charge on any atom is -0.478 e. The molecule has 20 heavy (non-hydrogen) atoms. The number of carboxylic acids is 2. The molecule has 2 N–H and O–H groups in total. The third-order valence-electron chi connectivity index (χ3n) is 2.67. The summed E-state index contributed by atoms with van der Waals surface area (Å²) in [6, 6.07) is 5.84. The van der Waals surface area contributed by atoms with Gasteiger partial charge in [-0.05, 0) is 42.0 Å². The molecule has 4 nitrogen and oxygen atoms in total. The Bertz CT molecular complexity index is 710. The van der Waals surface area contributed by atoms with Gasteiger partial charge >= 0.3 is 11.9 Å². The quantitative estimate of drug-likeness (QED) is 0.905. The molecule has 0 aliphatic heterocycles. The molecule has 0 aromatic heterocycles. The first-order chi connectivity index (χ1) is 9.38. The van der Waals surface area contributed by atoms with Crippen LogP contribution >= 0.6 is 0 Å². The molecule has 0 saturated carbocycles. The van der Waals surface area contributed by atoms with Crippen LogP contribution in [0.4, 0.5) is 8.78 Å². The molecular formula is C14H8F2O4. The summed E-state index contributed by atoms with van der Waals surface area (Å²) in [6.07, 6.45) is 0. The van der Waals surface area contributed by atoms with Crippen molar-refractivity contribution in [1.82, 2.24) is 0 Å². The van der Waals surface area contributed by atoms with Crippen molar-refractivity contribution >= 4 is 11.9 Å². The van der Waals surface area contributed by atoms with Crippen molar-refractivity contribution < 1.29 is 28.6 Å². The van der Waals surface area contributed by atoms with Crippen molar-refractivity contribution in [3.8, 4) is 11.1 Å². The first-order valence-electron chi connectivity index (χ1n) is 5.45. The summed E-state index contributed by atoms with van der Waals surface area (Å²) in [5.41, 5.74) is -0.738. The zero-order chi connectivity index (χ0) is 14.9. The molecule has 0 saturated heterocycles. The predicted molar refractivity (Wildman–Crippen MR) is 65.7 cm³/mol. The van der Waals surface area contributed by atoms with Crippen molar-refractivity contribution in [1.29, 1.82) is 0 Å². The topological polar surface area (TPSA) is 74.6 Å². The van der Waals surface area contributed by atoms with Crippen molar-refractivity contribution in [2.45, 2.75) is 0 Å². The van der Waals surface area contributed by atoms with Gasteiger partial charge < -0.3 is 10.2 Å². The Morgan fingerprint density at radius 3 is 2.10 bits per heavy atom. The molecule has 102 valence electrons. The summed E-state index contributed by atoms with van der Waals surface area (Å²) in [6.45, 7) is 0. The maximum absolute atomic E-state index is 13.7. The Kier molecular flexibility index (Phi) is 3.47. The number of rotatable bonds is 3. The third-order valence-corrected chi connectivity index (χ3v) is 2.67. The summed E-state index contributed by atoms with van der Waals surface area (Å²) < 4.78 is 27.1. The normalized spacial score (nSPS) is 10.3. The zero-order valence-electron chi connectivity index (χ0n) is 9.93. The van der Waals surface area contributed by atoms with E-state index in [4.69, 9.17) is 10.2 Å². The largest absolute Gasteiger partial charge is 0.478 e. The monoisotopic (exact) mass is 278 g/mol. The number of hydrogen-bond acceptors (Lipinski definition) is 2. The second-order valence-electron chi connectivity index (χ2n) is 4.03. The van der Waals surface area contributed by atoms with E-state index in [1.165, 1.54) is 0 Å². The summed E-state index contributed by atoms with van der Waals surface area (Å²) in [4.78, 5) is 21.7. The highest BCUT2D eigenvalue weighted by molar-refractivity contribution is 5.91. The lowest BCUT2D eigenvalue weighted by Crippen LogP contribution is -2.00. The van der Waals surface area contributed by atoms with Crippen LogP contribution in [0, 0.1) is 11.6 Å². The van der Waals surface area contributed by atoms with E-state index in [1.54, 1.807) is 0 Å². The van der Waals surface area contributed by atoms with Crippen LogP contribution in [0.5, 0.6) is 0 Å². The van der Waals surface area contributed by atoms with Gasteiger partial charge in [-0.1, -0.05) is 0 Å². The Morgan fingerprint density at radius 1 is 0.850 bits per heavy atom. The molecule has 2 aromatic carbocycles. The van der Waals surface area contributed by atoms with Gasteiger partial charge in [0.15, 0.2) is 0 Å². The summed E-state index contributed by atoms with van der Waals surface area (Å²) in [5.74, 6) is -4.24. The highest BCUT2D eigenvalue weighted by atomic mass is 19.1. The van der Waals surface area contributed by atoms with E-state index < -0.39 is 23.6 Å². The van der Waals surface area contributed by atoms with Crippen LogP contribution in [-0.4, -0.2) is 22.2 Å². The van der Waals surface area contributed by atoms with Gasteiger partial charge in [-0.2, -0.15) is 0 Å². The minimum absolute atomic E-state index is 0.0389. The van der Waals surface area contributed by atoms with Crippen molar-refractivity contribution in [3.63, 3.8) is 0 Å². The fraction of sp³-hybridized carbons (Fsp3) is 0. The maximum Gasteiger partial charge on any atom is 0.335 e. The molecule has 0 fully saturated rings. The van der Waals surface area contributed by atoms with E-state index in [9.17, 15) is 18.4 Å². The molecule has 0 radical (unpaired) electrons. The number of carboxylic acid groups (broad SMARTS) is 2. The van der Waals surface area contributed by atoms with Gasteiger partial charge in [-0.15, -0.1) is 0 Å². The number of benzene rings is 2. The third kappa shape index (κ3) is 2.64. The van der Waals surface area contributed by atoms with Crippen LogP contribution in [0.1, 0.15) is 20.7 Å². The lowest BCUT2D eigenvalue weighted by Gasteiger charge is -2.06. The average molecular weight is 278 g/mol. The van der Waals surface area contributed by atoms with Crippen LogP contribution < -0.4 is 0 Å². The van der Waals surface area contributed by atoms with Crippen LogP contribution in [0.3, 0.4) is 0 Å². The molecule has 0 amide bonds. The SMILES string of the molecule is O=C(O)c1cc(F)cc(-c2cc(C(=O)O)ccc2F)c1. The van der Waals surface area contributed by atoms with Crippen LogP contribution in [-0.2, 0) is 0 Å². The molecule has 0 bridgehead atoms. The van der Waals surface area contributed by atoms with Gasteiger partial charge in [0, 0.05) is 5.56 Å². The Morgan fingerprint density at radius 2 is 1.50 bits per heavy atom. The van der Waals surface area contributed by atoms with Crippen LogP contribution in [0.15, 0.2) is 36.4 Å².